The van der Waals surface area contributed by atoms with Crippen molar-refractivity contribution in [3.05, 3.63) is 59.4 Å². The van der Waals surface area contributed by atoms with Crippen molar-refractivity contribution < 1.29 is 14.3 Å². The van der Waals surface area contributed by atoms with E-state index in [1.54, 1.807) is 6.26 Å². The van der Waals surface area contributed by atoms with E-state index in [0.717, 1.165) is 12.0 Å². The van der Waals surface area contributed by atoms with Crippen LogP contribution in [0.3, 0.4) is 0 Å². The molecule has 3 nitrogen and oxygen atoms in total. The van der Waals surface area contributed by atoms with Gasteiger partial charge in [-0.3, -0.25) is 4.79 Å². The SMILES string of the molecule is CC(C)=C[C@@H]1[C@H](C(=O)OC/C(C)=C/OCCc2ccccc2)C1(C)C. The summed E-state index contributed by atoms with van der Waals surface area (Å²) in [4.78, 5) is 12.3. The van der Waals surface area contributed by atoms with Gasteiger partial charge in [0, 0.05) is 6.42 Å². The maximum atomic E-state index is 12.3. The van der Waals surface area contributed by atoms with E-state index in [2.05, 4.69) is 45.9 Å². The fourth-order valence-corrected chi connectivity index (χ4v) is 3.13. The first-order valence-electron chi connectivity index (χ1n) is 8.95. The van der Waals surface area contributed by atoms with Crippen LogP contribution in [-0.4, -0.2) is 19.2 Å². The van der Waals surface area contributed by atoms with Crippen LogP contribution in [0.2, 0.25) is 0 Å². The van der Waals surface area contributed by atoms with E-state index in [0.29, 0.717) is 6.61 Å². The molecule has 0 radical (unpaired) electrons. The Morgan fingerprint density at radius 3 is 2.48 bits per heavy atom. The highest BCUT2D eigenvalue weighted by Crippen LogP contribution is 2.59. The van der Waals surface area contributed by atoms with Crippen molar-refractivity contribution >= 4 is 5.97 Å². The third kappa shape index (κ3) is 5.48. The second kappa shape index (κ2) is 8.37. The van der Waals surface area contributed by atoms with Crippen molar-refractivity contribution in [3.63, 3.8) is 0 Å². The molecule has 1 aliphatic carbocycles. The molecular formula is C22H30O3. The molecule has 25 heavy (non-hydrogen) atoms. The van der Waals surface area contributed by atoms with Crippen LogP contribution < -0.4 is 0 Å². The predicted octanol–water partition coefficient (Wildman–Crippen LogP) is 4.93. The molecular weight excluding hydrogens is 312 g/mol. The lowest BCUT2D eigenvalue weighted by Gasteiger charge is -2.07. The van der Waals surface area contributed by atoms with Crippen molar-refractivity contribution in [2.45, 2.75) is 41.0 Å². The smallest absolute Gasteiger partial charge is 0.310 e. The number of allylic oxidation sites excluding steroid dienone is 2. The molecule has 1 aromatic rings. The van der Waals surface area contributed by atoms with E-state index >= 15 is 0 Å². The molecule has 136 valence electrons. The van der Waals surface area contributed by atoms with Crippen molar-refractivity contribution in [3.8, 4) is 0 Å². The van der Waals surface area contributed by atoms with Gasteiger partial charge in [-0.25, -0.2) is 0 Å². The highest BCUT2D eigenvalue weighted by atomic mass is 16.5. The minimum atomic E-state index is -0.107. The highest BCUT2D eigenvalue weighted by Gasteiger charge is 2.61. The van der Waals surface area contributed by atoms with Gasteiger partial charge in [-0.15, -0.1) is 0 Å². The number of esters is 1. The highest BCUT2D eigenvalue weighted by molar-refractivity contribution is 5.78. The molecule has 0 heterocycles. The molecule has 0 spiro atoms. The molecule has 0 unspecified atom stereocenters. The first-order valence-corrected chi connectivity index (χ1v) is 8.95. The summed E-state index contributed by atoms with van der Waals surface area (Å²) >= 11 is 0. The lowest BCUT2D eigenvalue weighted by molar-refractivity contribution is -0.145. The van der Waals surface area contributed by atoms with E-state index < -0.39 is 0 Å². The van der Waals surface area contributed by atoms with E-state index in [4.69, 9.17) is 9.47 Å². The number of ether oxygens (including phenoxy) is 2. The Kier molecular flexibility index (Phi) is 6.46. The Bertz CT molecular complexity index is 636. The normalized spacial score (nSPS) is 21.4. The average molecular weight is 342 g/mol. The van der Waals surface area contributed by atoms with Crippen molar-refractivity contribution in [2.24, 2.45) is 17.3 Å². The maximum absolute atomic E-state index is 12.3. The summed E-state index contributed by atoms with van der Waals surface area (Å²) in [6.45, 7) is 11.2. The largest absolute Gasteiger partial charge is 0.501 e. The zero-order chi connectivity index (χ0) is 18.4. The van der Waals surface area contributed by atoms with Crippen LogP contribution in [0.15, 0.2) is 53.8 Å². The Hall–Kier alpha value is -2.03. The molecule has 2 rings (SSSR count). The third-order valence-electron chi connectivity index (χ3n) is 4.76. The summed E-state index contributed by atoms with van der Waals surface area (Å²) in [6, 6.07) is 10.2. The Morgan fingerprint density at radius 2 is 1.84 bits per heavy atom. The van der Waals surface area contributed by atoms with Crippen LogP contribution in [0.1, 0.15) is 40.2 Å². The van der Waals surface area contributed by atoms with Gasteiger partial charge in [-0.1, -0.05) is 55.8 Å². The van der Waals surface area contributed by atoms with Gasteiger partial charge >= 0.3 is 5.97 Å². The van der Waals surface area contributed by atoms with Gasteiger partial charge in [0.25, 0.3) is 0 Å². The zero-order valence-electron chi connectivity index (χ0n) is 16.0. The van der Waals surface area contributed by atoms with E-state index in [-0.39, 0.29) is 29.8 Å². The van der Waals surface area contributed by atoms with Crippen molar-refractivity contribution in [1.29, 1.82) is 0 Å². The minimum absolute atomic E-state index is 0.00183. The first-order chi connectivity index (χ1) is 11.8. The third-order valence-corrected chi connectivity index (χ3v) is 4.76. The van der Waals surface area contributed by atoms with E-state index in [1.165, 1.54) is 11.1 Å². The van der Waals surface area contributed by atoms with Crippen molar-refractivity contribution in [1.82, 2.24) is 0 Å². The number of hydrogen-bond acceptors (Lipinski definition) is 3. The van der Waals surface area contributed by atoms with Gasteiger partial charge in [0.1, 0.15) is 6.61 Å². The van der Waals surface area contributed by atoms with Crippen LogP contribution in [0, 0.1) is 17.3 Å². The number of carbonyl (C=O) groups is 1. The summed E-state index contributed by atoms with van der Waals surface area (Å²) < 4.78 is 11.0. The molecule has 3 heteroatoms. The van der Waals surface area contributed by atoms with Gasteiger partial charge in [-0.2, -0.15) is 0 Å². The monoisotopic (exact) mass is 342 g/mol. The van der Waals surface area contributed by atoms with Crippen LogP contribution in [-0.2, 0) is 20.7 Å². The van der Waals surface area contributed by atoms with Crippen LogP contribution in [0.5, 0.6) is 0 Å². The zero-order valence-corrected chi connectivity index (χ0v) is 16.0. The molecule has 1 saturated carbocycles. The topological polar surface area (TPSA) is 35.5 Å². The molecule has 0 aromatic heterocycles. The van der Waals surface area contributed by atoms with Gasteiger partial charge in [0.05, 0.1) is 18.8 Å². The van der Waals surface area contributed by atoms with Gasteiger partial charge in [-0.05, 0) is 43.2 Å². The predicted molar refractivity (Wildman–Crippen MR) is 101 cm³/mol. The molecule has 1 fully saturated rings. The summed E-state index contributed by atoms with van der Waals surface area (Å²) in [5.74, 6) is 0.148. The Balaban J connectivity index is 1.71. The minimum Gasteiger partial charge on any atom is -0.501 e. The summed E-state index contributed by atoms with van der Waals surface area (Å²) in [7, 11) is 0. The summed E-state index contributed by atoms with van der Waals surface area (Å²) in [5.41, 5.74) is 3.41. The number of carbonyl (C=O) groups excluding carboxylic acids is 1. The van der Waals surface area contributed by atoms with E-state index in [1.807, 2.05) is 25.1 Å². The van der Waals surface area contributed by atoms with Crippen LogP contribution in [0.25, 0.3) is 0 Å². The number of hydrogen-bond donors (Lipinski definition) is 0. The molecule has 0 aliphatic heterocycles. The van der Waals surface area contributed by atoms with Gasteiger partial charge in [0.2, 0.25) is 0 Å². The van der Waals surface area contributed by atoms with Crippen molar-refractivity contribution in [2.75, 3.05) is 13.2 Å². The Morgan fingerprint density at radius 1 is 1.16 bits per heavy atom. The lowest BCUT2D eigenvalue weighted by atomic mass is 10.1. The quantitative estimate of drug-likeness (QED) is 0.291. The maximum Gasteiger partial charge on any atom is 0.310 e. The summed E-state index contributed by atoms with van der Waals surface area (Å²) in [6.07, 6.45) is 4.74. The van der Waals surface area contributed by atoms with E-state index in [9.17, 15) is 4.79 Å². The number of benzene rings is 1. The molecule has 0 bridgehead atoms. The summed E-state index contributed by atoms with van der Waals surface area (Å²) in [5, 5.41) is 0. The molecule has 1 aliphatic rings. The van der Waals surface area contributed by atoms with Gasteiger partial charge < -0.3 is 9.47 Å². The molecule has 0 amide bonds. The Labute approximate surface area is 151 Å². The lowest BCUT2D eigenvalue weighted by Crippen LogP contribution is -2.12. The second-order valence-electron chi connectivity index (χ2n) is 7.75. The fraction of sp³-hybridized carbons (Fsp3) is 0.500. The van der Waals surface area contributed by atoms with Crippen LogP contribution in [0.4, 0.5) is 0 Å². The first kappa shape index (κ1) is 19.3. The molecule has 1 aromatic carbocycles. The van der Waals surface area contributed by atoms with Crippen LogP contribution >= 0.6 is 0 Å². The second-order valence-corrected chi connectivity index (χ2v) is 7.75. The molecule has 0 saturated heterocycles. The standard InChI is InChI=1S/C22H30O3/c1-16(2)13-19-20(22(19,4)5)21(23)25-15-17(3)14-24-12-11-18-9-7-6-8-10-18/h6-10,13-14,19-20H,11-12,15H2,1-5H3/b17-14+/t19-,20-/m1/s1. The molecule has 0 N–H and O–H groups in total. The van der Waals surface area contributed by atoms with Gasteiger partial charge in [0.15, 0.2) is 0 Å². The fourth-order valence-electron chi connectivity index (χ4n) is 3.13. The number of rotatable bonds is 8. The average Bonchev–Trinajstić information content (AvgIpc) is 3.10. The molecule has 2 atom stereocenters.